The maximum atomic E-state index is 11.5. The number of carbonyl (C=O) groups excluding carboxylic acids is 1. The third kappa shape index (κ3) is 6.76. The smallest absolute Gasteiger partial charge is 0.239 e. The Kier molecular flexibility index (Phi) is 6.97. The summed E-state index contributed by atoms with van der Waals surface area (Å²) in [5.41, 5.74) is 5.36. The lowest BCUT2D eigenvalue weighted by Crippen LogP contribution is -2.50. The van der Waals surface area contributed by atoms with E-state index in [1.54, 1.807) is 0 Å². The van der Waals surface area contributed by atoms with Crippen molar-refractivity contribution in [2.75, 3.05) is 20.6 Å². The number of thiocarbonyl (C=S) groups is 1. The van der Waals surface area contributed by atoms with Gasteiger partial charge in [0.15, 0.2) is 5.11 Å². The van der Waals surface area contributed by atoms with Gasteiger partial charge in [0.1, 0.15) is 0 Å². The Morgan fingerprint density at radius 1 is 1.22 bits per heavy atom. The molecule has 0 spiro atoms. The average molecular weight is 272 g/mol. The minimum Gasteiger partial charge on any atom is -0.359 e. The molecule has 3 N–H and O–H groups in total. The zero-order chi connectivity index (χ0) is 13.4. The van der Waals surface area contributed by atoms with Crippen LogP contribution in [0.3, 0.4) is 0 Å². The summed E-state index contributed by atoms with van der Waals surface area (Å²) < 4.78 is 0. The first kappa shape index (κ1) is 15.2. The summed E-state index contributed by atoms with van der Waals surface area (Å²) in [5, 5.41) is 3.75. The van der Waals surface area contributed by atoms with E-state index in [-0.39, 0.29) is 5.91 Å². The van der Waals surface area contributed by atoms with Crippen LogP contribution in [0.5, 0.6) is 0 Å². The van der Waals surface area contributed by atoms with Crippen LogP contribution in [-0.4, -0.2) is 42.6 Å². The van der Waals surface area contributed by atoms with Crippen LogP contribution < -0.4 is 16.2 Å². The van der Waals surface area contributed by atoms with E-state index in [4.69, 9.17) is 12.2 Å². The number of hydrazine groups is 1. The van der Waals surface area contributed by atoms with Gasteiger partial charge in [-0.25, -0.2) is 0 Å². The highest BCUT2D eigenvalue weighted by Gasteiger charge is 2.13. The summed E-state index contributed by atoms with van der Waals surface area (Å²) >= 11 is 5.14. The predicted molar refractivity (Wildman–Crippen MR) is 77.1 cm³/mol. The number of rotatable bonds is 4. The van der Waals surface area contributed by atoms with Gasteiger partial charge in [0, 0.05) is 19.0 Å². The fourth-order valence-corrected chi connectivity index (χ4v) is 2.20. The third-order valence-corrected chi connectivity index (χ3v) is 3.26. The van der Waals surface area contributed by atoms with Crippen molar-refractivity contribution in [3.8, 4) is 0 Å². The van der Waals surface area contributed by atoms with Crippen LogP contribution in [0.25, 0.3) is 0 Å². The van der Waals surface area contributed by atoms with Gasteiger partial charge in [-0.1, -0.05) is 19.3 Å². The lowest BCUT2D eigenvalue weighted by molar-refractivity contribution is -0.121. The van der Waals surface area contributed by atoms with Gasteiger partial charge in [-0.2, -0.15) is 0 Å². The molecule has 0 atom stereocenters. The molecule has 1 rings (SSSR count). The molecular formula is C12H24N4OS. The number of carbonyl (C=O) groups is 1. The van der Waals surface area contributed by atoms with Gasteiger partial charge < -0.3 is 10.2 Å². The molecule has 0 aromatic carbocycles. The molecule has 0 saturated heterocycles. The van der Waals surface area contributed by atoms with E-state index in [1.165, 1.54) is 19.3 Å². The Morgan fingerprint density at radius 3 is 2.50 bits per heavy atom. The van der Waals surface area contributed by atoms with Crippen molar-refractivity contribution in [1.29, 1.82) is 0 Å². The Hall–Kier alpha value is -0.880. The maximum absolute atomic E-state index is 11.5. The molecule has 0 radical (unpaired) electrons. The van der Waals surface area contributed by atoms with Crippen LogP contribution >= 0.6 is 12.2 Å². The zero-order valence-corrected chi connectivity index (χ0v) is 12.1. The topological polar surface area (TPSA) is 56.4 Å². The molecule has 0 unspecified atom stereocenters. The highest BCUT2D eigenvalue weighted by molar-refractivity contribution is 7.80. The molecule has 0 aromatic rings. The molecule has 104 valence electrons. The van der Waals surface area contributed by atoms with E-state index >= 15 is 0 Å². The molecule has 1 aliphatic carbocycles. The van der Waals surface area contributed by atoms with Gasteiger partial charge in [0.05, 0.1) is 0 Å². The second kappa shape index (κ2) is 8.26. The molecule has 0 aliphatic heterocycles. The van der Waals surface area contributed by atoms with Gasteiger partial charge in [-0.3, -0.25) is 15.6 Å². The van der Waals surface area contributed by atoms with E-state index in [9.17, 15) is 4.79 Å². The van der Waals surface area contributed by atoms with E-state index < -0.39 is 0 Å². The van der Waals surface area contributed by atoms with Gasteiger partial charge in [0.2, 0.25) is 5.91 Å². The van der Waals surface area contributed by atoms with Crippen molar-refractivity contribution >= 4 is 23.2 Å². The van der Waals surface area contributed by atoms with Crippen molar-refractivity contribution in [3.63, 3.8) is 0 Å². The lowest BCUT2D eigenvalue weighted by atomic mass is 9.96. The molecule has 1 saturated carbocycles. The number of nitrogens with zero attached hydrogens (tertiary/aromatic N) is 1. The first-order chi connectivity index (χ1) is 8.58. The van der Waals surface area contributed by atoms with Gasteiger partial charge >= 0.3 is 0 Å². The standard InChI is InChI=1S/C12H24N4OS/c1-16(2)9-8-11(17)14-15-12(18)13-10-6-4-3-5-7-10/h10H,3-9H2,1-2H3,(H,14,17)(H2,13,15,18). The molecule has 0 heterocycles. The summed E-state index contributed by atoms with van der Waals surface area (Å²) in [6.45, 7) is 0.732. The molecule has 0 bridgehead atoms. The van der Waals surface area contributed by atoms with Crippen molar-refractivity contribution in [1.82, 2.24) is 21.1 Å². The Balaban J connectivity index is 2.10. The summed E-state index contributed by atoms with van der Waals surface area (Å²) in [5.74, 6) is -0.0449. The summed E-state index contributed by atoms with van der Waals surface area (Å²) in [6, 6.07) is 0.456. The Labute approximate surface area is 115 Å². The van der Waals surface area contributed by atoms with Crippen molar-refractivity contribution in [3.05, 3.63) is 0 Å². The van der Waals surface area contributed by atoms with Crippen LogP contribution in [0.2, 0.25) is 0 Å². The molecule has 6 heteroatoms. The molecular weight excluding hydrogens is 248 g/mol. The number of hydrogen-bond donors (Lipinski definition) is 3. The van der Waals surface area contributed by atoms with Crippen LogP contribution in [-0.2, 0) is 4.79 Å². The zero-order valence-electron chi connectivity index (χ0n) is 11.3. The number of nitrogens with one attached hydrogen (secondary N) is 3. The van der Waals surface area contributed by atoms with Gasteiger partial charge in [-0.05, 0) is 39.2 Å². The van der Waals surface area contributed by atoms with Crippen molar-refractivity contribution < 1.29 is 4.79 Å². The normalized spacial score (nSPS) is 16.4. The Morgan fingerprint density at radius 2 is 1.89 bits per heavy atom. The molecule has 1 amide bonds. The molecule has 18 heavy (non-hydrogen) atoms. The summed E-state index contributed by atoms with van der Waals surface area (Å²) in [7, 11) is 3.88. The van der Waals surface area contributed by atoms with Gasteiger partial charge in [-0.15, -0.1) is 0 Å². The predicted octanol–water partition coefficient (Wildman–Crippen LogP) is 0.766. The number of hydrogen-bond acceptors (Lipinski definition) is 3. The molecule has 1 aliphatic rings. The van der Waals surface area contributed by atoms with Crippen LogP contribution in [0.15, 0.2) is 0 Å². The van der Waals surface area contributed by atoms with Crippen LogP contribution in [0.4, 0.5) is 0 Å². The summed E-state index contributed by atoms with van der Waals surface area (Å²) in [6.07, 6.45) is 6.63. The molecule has 0 aromatic heterocycles. The van der Waals surface area contributed by atoms with E-state index in [2.05, 4.69) is 16.2 Å². The highest BCUT2D eigenvalue weighted by atomic mass is 32.1. The van der Waals surface area contributed by atoms with Gasteiger partial charge in [0.25, 0.3) is 0 Å². The average Bonchev–Trinajstić information content (AvgIpc) is 2.35. The quantitative estimate of drug-likeness (QED) is 0.521. The van der Waals surface area contributed by atoms with E-state index in [0.29, 0.717) is 17.6 Å². The fourth-order valence-electron chi connectivity index (χ4n) is 1.98. The third-order valence-electron chi connectivity index (χ3n) is 3.04. The second-order valence-corrected chi connectivity index (χ2v) is 5.44. The first-order valence-corrected chi connectivity index (χ1v) is 6.99. The first-order valence-electron chi connectivity index (χ1n) is 6.58. The molecule has 5 nitrogen and oxygen atoms in total. The minimum atomic E-state index is -0.0449. The fraction of sp³-hybridized carbons (Fsp3) is 0.833. The molecule has 1 fully saturated rings. The highest BCUT2D eigenvalue weighted by Crippen LogP contribution is 2.16. The monoisotopic (exact) mass is 272 g/mol. The maximum Gasteiger partial charge on any atom is 0.239 e. The van der Waals surface area contributed by atoms with Crippen LogP contribution in [0.1, 0.15) is 38.5 Å². The largest absolute Gasteiger partial charge is 0.359 e. The SMILES string of the molecule is CN(C)CCC(=O)NNC(=S)NC1CCCCC1. The minimum absolute atomic E-state index is 0.0449. The lowest BCUT2D eigenvalue weighted by Gasteiger charge is -2.24. The van der Waals surface area contributed by atoms with E-state index in [0.717, 1.165) is 19.4 Å². The Bertz CT molecular complexity index is 277. The second-order valence-electron chi connectivity index (χ2n) is 5.03. The van der Waals surface area contributed by atoms with Crippen LogP contribution in [0, 0.1) is 0 Å². The summed E-state index contributed by atoms with van der Waals surface area (Å²) in [4.78, 5) is 13.4. The van der Waals surface area contributed by atoms with Crippen molar-refractivity contribution in [2.45, 2.75) is 44.6 Å². The van der Waals surface area contributed by atoms with Crippen molar-refractivity contribution in [2.24, 2.45) is 0 Å². The van der Waals surface area contributed by atoms with E-state index in [1.807, 2.05) is 19.0 Å². The number of amides is 1.